The molecule has 2 heteroatoms. The van der Waals surface area contributed by atoms with E-state index in [0.29, 0.717) is 0 Å². The van der Waals surface area contributed by atoms with E-state index in [2.05, 4.69) is 41.8 Å². The number of halogens is 1. The Morgan fingerprint density at radius 3 is 0.861 bits per heavy atom. The average Bonchev–Trinajstić information content (AvgIpc) is 2.83. The van der Waals surface area contributed by atoms with Gasteiger partial charge in [-0.2, -0.15) is 0 Å². The van der Waals surface area contributed by atoms with Crippen molar-refractivity contribution in [2.24, 2.45) is 11.8 Å². The molecule has 0 rings (SSSR count). The van der Waals surface area contributed by atoms with Crippen LogP contribution in [0.25, 0.3) is 0 Å². The third kappa shape index (κ3) is 25.9. The smallest absolute Gasteiger partial charge is 0.0811 e. The number of hydrogen-bond donors (Lipinski definition) is 0. The molecule has 2 atom stereocenters. The standard InChI is InChI=1S/C34H72N.ClH/c1-7-11-15-19-21-25-29-33(27-23-17-13-9-3)31-35(5,6)32-34(28-24-18-14-10-4)30-26-22-20-16-12-8-2;/h33-34H,7-32H2,1-6H3;1H/q+1;/p-1. The van der Waals surface area contributed by atoms with Crippen LogP contribution in [0, 0.1) is 11.8 Å². The fourth-order valence-electron chi connectivity index (χ4n) is 6.27. The van der Waals surface area contributed by atoms with Crippen molar-refractivity contribution in [2.45, 2.75) is 182 Å². The maximum atomic E-state index is 2.57. The van der Waals surface area contributed by atoms with Gasteiger partial charge in [-0.3, -0.25) is 0 Å². The minimum absolute atomic E-state index is 0. The van der Waals surface area contributed by atoms with Crippen LogP contribution >= 0.6 is 0 Å². The van der Waals surface area contributed by atoms with Gasteiger partial charge in [-0.05, 0) is 25.7 Å². The molecule has 0 aliphatic heterocycles. The number of unbranched alkanes of at least 4 members (excludes halogenated alkanes) is 16. The monoisotopic (exact) mass is 530 g/mol. The summed E-state index contributed by atoms with van der Waals surface area (Å²) in [7, 11) is 5.14. The van der Waals surface area contributed by atoms with Crippen LogP contribution in [-0.2, 0) is 0 Å². The van der Waals surface area contributed by atoms with Crippen molar-refractivity contribution in [3.8, 4) is 0 Å². The lowest BCUT2D eigenvalue weighted by atomic mass is 9.90. The number of quaternary nitrogens is 1. The van der Waals surface area contributed by atoms with Gasteiger partial charge in [0, 0.05) is 11.8 Å². The number of rotatable bonds is 28. The van der Waals surface area contributed by atoms with Crippen molar-refractivity contribution in [3.05, 3.63) is 0 Å². The lowest BCUT2D eigenvalue weighted by Crippen LogP contribution is -3.00. The first-order valence-electron chi connectivity index (χ1n) is 16.8. The van der Waals surface area contributed by atoms with Gasteiger partial charge < -0.3 is 16.9 Å². The second-order valence-corrected chi connectivity index (χ2v) is 12.8. The van der Waals surface area contributed by atoms with Crippen molar-refractivity contribution in [1.82, 2.24) is 0 Å². The molecule has 36 heavy (non-hydrogen) atoms. The summed E-state index contributed by atoms with van der Waals surface area (Å²) < 4.78 is 1.27. The van der Waals surface area contributed by atoms with E-state index in [1.807, 2.05) is 0 Å². The zero-order valence-corrected chi connectivity index (χ0v) is 27.1. The third-order valence-corrected chi connectivity index (χ3v) is 8.37. The highest BCUT2D eigenvalue weighted by Gasteiger charge is 2.25. The van der Waals surface area contributed by atoms with E-state index in [-0.39, 0.29) is 12.4 Å². The Hall–Kier alpha value is 0.250. The van der Waals surface area contributed by atoms with E-state index in [1.54, 1.807) is 0 Å². The van der Waals surface area contributed by atoms with Gasteiger partial charge in [-0.15, -0.1) is 0 Å². The van der Waals surface area contributed by atoms with Gasteiger partial charge in [0.2, 0.25) is 0 Å². The van der Waals surface area contributed by atoms with E-state index < -0.39 is 0 Å². The van der Waals surface area contributed by atoms with E-state index in [4.69, 9.17) is 0 Å². The Morgan fingerprint density at radius 2 is 0.583 bits per heavy atom. The first-order chi connectivity index (χ1) is 17.0. The second-order valence-electron chi connectivity index (χ2n) is 12.8. The highest BCUT2D eigenvalue weighted by Crippen LogP contribution is 2.26. The van der Waals surface area contributed by atoms with Crippen molar-refractivity contribution in [3.63, 3.8) is 0 Å². The van der Waals surface area contributed by atoms with Gasteiger partial charge in [0.05, 0.1) is 27.2 Å². The molecule has 0 radical (unpaired) electrons. The molecule has 1 nitrogen and oxygen atoms in total. The summed E-state index contributed by atoms with van der Waals surface area (Å²) in [5, 5.41) is 0. The molecule has 220 valence electrons. The van der Waals surface area contributed by atoms with Gasteiger partial charge in [0.1, 0.15) is 0 Å². The summed E-state index contributed by atoms with van der Waals surface area (Å²) in [6, 6.07) is 0. The molecule has 2 unspecified atom stereocenters. The quantitative estimate of drug-likeness (QED) is 0.0701. The predicted octanol–water partition coefficient (Wildman–Crippen LogP) is 8.74. The fourth-order valence-corrected chi connectivity index (χ4v) is 6.27. The van der Waals surface area contributed by atoms with E-state index in [0.717, 1.165) is 11.8 Å². The molecule has 0 spiro atoms. The third-order valence-electron chi connectivity index (χ3n) is 8.37. The van der Waals surface area contributed by atoms with Gasteiger partial charge in [0.15, 0.2) is 0 Å². The summed E-state index contributed by atoms with van der Waals surface area (Å²) in [6.45, 7) is 12.2. The second kappa shape index (κ2) is 28.3. The highest BCUT2D eigenvalue weighted by molar-refractivity contribution is 4.65. The predicted molar refractivity (Wildman–Crippen MR) is 162 cm³/mol. The summed E-state index contributed by atoms with van der Waals surface area (Å²) in [5.74, 6) is 1.89. The lowest BCUT2D eigenvalue weighted by molar-refractivity contribution is -0.897. The normalized spacial score (nSPS) is 13.5. The maximum Gasteiger partial charge on any atom is 0.0811 e. The molecule has 0 N–H and O–H groups in total. The average molecular weight is 530 g/mol. The Balaban J connectivity index is 0. The molecule has 0 aromatic heterocycles. The summed E-state index contributed by atoms with van der Waals surface area (Å²) in [6.07, 6.45) is 34.7. The molecule has 0 aromatic rings. The van der Waals surface area contributed by atoms with E-state index in [9.17, 15) is 0 Å². The van der Waals surface area contributed by atoms with Gasteiger partial charge >= 0.3 is 0 Å². The largest absolute Gasteiger partial charge is 1.00 e. The Morgan fingerprint density at radius 1 is 0.361 bits per heavy atom. The SMILES string of the molecule is CCCCCCCCC(CCCCCC)C[N+](C)(C)CC(CCCCCC)CCCCCCCC.[Cl-]. The molecular weight excluding hydrogens is 458 g/mol. The maximum absolute atomic E-state index is 2.57. The van der Waals surface area contributed by atoms with Gasteiger partial charge in [-0.1, -0.05) is 156 Å². The fraction of sp³-hybridized carbons (Fsp3) is 1.00. The lowest BCUT2D eigenvalue weighted by Gasteiger charge is -2.37. The van der Waals surface area contributed by atoms with Crippen LogP contribution in [0.2, 0.25) is 0 Å². The molecule has 0 aromatic carbocycles. The molecule has 0 heterocycles. The van der Waals surface area contributed by atoms with Crippen molar-refractivity contribution in [2.75, 3.05) is 27.2 Å². The molecular formula is C34H72ClN. The molecule has 0 aliphatic rings. The zero-order valence-electron chi connectivity index (χ0n) is 26.4. The van der Waals surface area contributed by atoms with Crippen molar-refractivity contribution >= 4 is 0 Å². The first-order valence-corrected chi connectivity index (χ1v) is 16.8. The molecule has 0 aliphatic carbocycles. The molecule has 0 bridgehead atoms. The Labute approximate surface area is 237 Å². The minimum Gasteiger partial charge on any atom is -1.00 e. The summed E-state index contributed by atoms with van der Waals surface area (Å²) in [5.41, 5.74) is 0. The van der Waals surface area contributed by atoms with Crippen molar-refractivity contribution < 1.29 is 16.9 Å². The van der Waals surface area contributed by atoms with Crippen molar-refractivity contribution in [1.29, 1.82) is 0 Å². The number of hydrogen-bond acceptors (Lipinski definition) is 0. The molecule has 0 saturated carbocycles. The topological polar surface area (TPSA) is 0 Å². The van der Waals surface area contributed by atoms with Gasteiger partial charge in [-0.25, -0.2) is 0 Å². The molecule has 0 fully saturated rings. The van der Waals surface area contributed by atoms with Crippen LogP contribution in [0.3, 0.4) is 0 Å². The van der Waals surface area contributed by atoms with Crippen LogP contribution in [0.4, 0.5) is 0 Å². The summed E-state index contributed by atoms with van der Waals surface area (Å²) >= 11 is 0. The summed E-state index contributed by atoms with van der Waals surface area (Å²) in [4.78, 5) is 0. The number of nitrogens with zero attached hydrogens (tertiary/aromatic N) is 1. The van der Waals surface area contributed by atoms with Crippen LogP contribution in [-0.4, -0.2) is 31.7 Å². The van der Waals surface area contributed by atoms with Gasteiger partial charge in [0.25, 0.3) is 0 Å². The highest BCUT2D eigenvalue weighted by atomic mass is 35.5. The Kier molecular flexibility index (Phi) is 30.1. The van der Waals surface area contributed by atoms with Crippen LogP contribution < -0.4 is 12.4 Å². The van der Waals surface area contributed by atoms with Crippen LogP contribution in [0.1, 0.15) is 182 Å². The first kappa shape index (κ1) is 38.4. The van der Waals surface area contributed by atoms with Crippen LogP contribution in [0.15, 0.2) is 0 Å². The van der Waals surface area contributed by atoms with E-state index >= 15 is 0 Å². The van der Waals surface area contributed by atoms with E-state index in [1.165, 1.54) is 172 Å². The van der Waals surface area contributed by atoms with Crippen LogP contribution in [0.5, 0.6) is 0 Å². The minimum atomic E-state index is 0. The molecule has 0 saturated heterocycles. The Bertz CT molecular complexity index is 372. The molecule has 0 amide bonds. The zero-order chi connectivity index (χ0) is 26.0.